The van der Waals surface area contributed by atoms with Gasteiger partial charge in [-0.15, -0.1) is 0 Å². The fraction of sp³-hybridized carbons (Fsp3) is 0.583. The number of aromatic nitrogens is 1. The number of rotatable bonds is 7. The van der Waals surface area contributed by atoms with E-state index in [1.807, 2.05) is 18.5 Å². The Labute approximate surface area is 86.8 Å². The summed E-state index contributed by atoms with van der Waals surface area (Å²) in [5, 5.41) is 3.44. The molecule has 1 N–H and O–H groups in total. The third-order valence-corrected chi connectivity index (χ3v) is 2.27. The Balaban J connectivity index is 1.99. The fourth-order valence-electron chi connectivity index (χ4n) is 1.40. The zero-order chi connectivity index (χ0) is 10.1. The van der Waals surface area contributed by atoms with Crippen LogP contribution in [-0.4, -0.2) is 18.1 Å². The summed E-state index contributed by atoms with van der Waals surface area (Å²) in [6.45, 7) is 4.44. The van der Waals surface area contributed by atoms with Gasteiger partial charge < -0.3 is 5.32 Å². The Hall–Kier alpha value is -0.890. The minimum absolute atomic E-state index is 1.06. The molecule has 78 valence electrons. The number of nitrogens with one attached hydrogen (secondary N) is 1. The molecule has 0 amide bonds. The average Bonchev–Trinajstić information content (AvgIpc) is 2.25. The summed E-state index contributed by atoms with van der Waals surface area (Å²) in [6, 6.07) is 4.12. The van der Waals surface area contributed by atoms with Gasteiger partial charge in [0.25, 0.3) is 0 Å². The Bertz CT molecular complexity index is 221. The molecule has 1 aromatic rings. The molecule has 0 aliphatic carbocycles. The molecule has 0 atom stereocenters. The lowest BCUT2D eigenvalue weighted by atomic mass is 10.2. The van der Waals surface area contributed by atoms with Gasteiger partial charge in [0.05, 0.1) is 0 Å². The second kappa shape index (κ2) is 7.51. The molecule has 2 heteroatoms. The average molecular weight is 192 g/mol. The van der Waals surface area contributed by atoms with Crippen molar-refractivity contribution in [1.82, 2.24) is 10.3 Å². The third kappa shape index (κ3) is 4.97. The van der Waals surface area contributed by atoms with E-state index in [0.717, 1.165) is 19.5 Å². The predicted molar refractivity (Wildman–Crippen MR) is 60.3 cm³/mol. The summed E-state index contributed by atoms with van der Waals surface area (Å²) >= 11 is 0. The maximum atomic E-state index is 4.09. The van der Waals surface area contributed by atoms with Crippen LogP contribution in [0.4, 0.5) is 0 Å². The van der Waals surface area contributed by atoms with Crippen molar-refractivity contribution in [2.24, 2.45) is 0 Å². The van der Waals surface area contributed by atoms with E-state index in [-0.39, 0.29) is 0 Å². The van der Waals surface area contributed by atoms with Gasteiger partial charge in [-0.1, -0.05) is 25.8 Å². The fourth-order valence-corrected chi connectivity index (χ4v) is 1.40. The lowest BCUT2D eigenvalue weighted by Crippen LogP contribution is -2.18. The van der Waals surface area contributed by atoms with Crippen LogP contribution < -0.4 is 5.32 Å². The van der Waals surface area contributed by atoms with E-state index in [1.165, 1.54) is 24.8 Å². The second-order valence-corrected chi connectivity index (χ2v) is 3.57. The number of hydrogen-bond donors (Lipinski definition) is 1. The first-order valence-corrected chi connectivity index (χ1v) is 5.53. The molecule has 14 heavy (non-hydrogen) atoms. The van der Waals surface area contributed by atoms with Crippen LogP contribution in [0.3, 0.4) is 0 Å². The van der Waals surface area contributed by atoms with Crippen LogP contribution in [0.15, 0.2) is 24.5 Å². The van der Waals surface area contributed by atoms with Crippen molar-refractivity contribution in [1.29, 1.82) is 0 Å². The minimum atomic E-state index is 1.06. The Kier molecular flexibility index (Phi) is 6.00. The van der Waals surface area contributed by atoms with Crippen molar-refractivity contribution >= 4 is 0 Å². The standard InChI is InChI=1S/C12H20N2/c1-2-3-4-8-13-10-7-12-6-5-9-14-11-12/h5-6,9,11,13H,2-4,7-8,10H2,1H3. The van der Waals surface area contributed by atoms with Crippen molar-refractivity contribution in [3.63, 3.8) is 0 Å². The van der Waals surface area contributed by atoms with Gasteiger partial charge in [-0.2, -0.15) is 0 Å². The predicted octanol–water partition coefficient (Wildman–Crippen LogP) is 2.40. The molecule has 0 saturated carbocycles. The number of unbranched alkanes of at least 4 members (excludes halogenated alkanes) is 2. The Morgan fingerprint density at radius 1 is 1.29 bits per heavy atom. The Morgan fingerprint density at radius 2 is 2.21 bits per heavy atom. The summed E-state index contributed by atoms with van der Waals surface area (Å²) in [4.78, 5) is 4.09. The molecule has 0 radical (unpaired) electrons. The van der Waals surface area contributed by atoms with Crippen LogP contribution in [0, 0.1) is 0 Å². The van der Waals surface area contributed by atoms with Crippen LogP contribution in [0.25, 0.3) is 0 Å². The SMILES string of the molecule is CCCCCNCCc1cccnc1. The van der Waals surface area contributed by atoms with Crippen molar-refractivity contribution < 1.29 is 0 Å². The lowest BCUT2D eigenvalue weighted by molar-refractivity contribution is 0.616. The van der Waals surface area contributed by atoms with Gasteiger partial charge in [0.2, 0.25) is 0 Å². The summed E-state index contributed by atoms with van der Waals surface area (Å²) in [5.74, 6) is 0. The highest BCUT2D eigenvalue weighted by Gasteiger charge is 1.91. The van der Waals surface area contributed by atoms with Gasteiger partial charge in [0.1, 0.15) is 0 Å². The topological polar surface area (TPSA) is 24.9 Å². The van der Waals surface area contributed by atoms with Gasteiger partial charge in [0.15, 0.2) is 0 Å². The van der Waals surface area contributed by atoms with Gasteiger partial charge in [-0.25, -0.2) is 0 Å². The summed E-state index contributed by atoms with van der Waals surface area (Å²) in [6.07, 6.45) is 8.76. The van der Waals surface area contributed by atoms with E-state index in [0.29, 0.717) is 0 Å². The first kappa shape index (κ1) is 11.2. The minimum Gasteiger partial charge on any atom is -0.316 e. The maximum absolute atomic E-state index is 4.09. The molecule has 0 aliphatic rings. The highest BCUT2D eigenvalue weighted by Crippen LogP contribution is 1.96. The van der Waals surface area contributed by atoms with Crippen molar-refractivity contribution in [2.45, 2.75) is 32.6 Å². The largest absolute Gasteiger partial charge is 0.316 e. The normalized spacial score (nSPS) is 10.4. The van der Waals surface area contributed by atoms with Crippen LogP contribution >= 0.6 is 0 Å². The van der Waals surface area contributed by atoms with E-state index in [4.69, 9.17) is 0 Å². The molecule has 0 fully saturated rings. The molecule has 0 spiro atoms. The summed E-state index contributed by atoms with van der Waals surface area (Å²) in [5.41, 5.74) is 1.32. The van der Waals surface area contributed by atoms with E-state index < -0.39 is 0 Å². The highest BCUT2D eigenvalue weighted by atomic mass is 14.8. The molecule has 1 aromatic heterocycles. The molecule has 0 aliphatic heterocycles. The smallest absolute Gasteiger partial charge is 0.0300 e. The van der Waals surface area contributed by atoms with Gasteiger partial charge in [0, 0.05) is 12.4 Å². The number of hydrogen-bond acceptors (Lipinski definition) is 2. The zero-order valence-corrected chi connectivity index (χ0v) is 9.00. The van der Waals surface area contributed by atoms with Gasteiger partial charge in [-0.3, -0.25) is 4.98 Å². The second-order valence-electron chi connectivity index (χ2n) is 3.57. The Morgan fingerprint density at radius 3 is 2.93 bits per heavy atom. The molecule has 0 unspecified atom stereocenters. The maximum Gasteiger partial charge on any atom is 0.0300 e. The van der Waals surface area contributed by atoms with Crippen LogP contribution in [0.1, 0.15) is 31.7 Å². The molecule has 1 heterocycles. The molecular formula is C12H20N2. The van der Waals surface area contributed by atoms with Crippen LogP contribution in [0.5, 0.6) is 0 Å². The zero-order valence-electron chi connectivity index (χ0n) is 9.00. The van der Waals surface area contributed by atoms with Gasteiger partial charge in [-0.05, 0) is 37.6 Å². The molecular weight excluding hydrogens is 172 g/mol. The van der Waals surface area contributed by atoms with E-state index >= 15 is 0 Å². The molecule has 0 aromatic carbocycles. The van der Waals surface area contributed by atoms with Crippen molar-refractivity contribution in [3.05, 3.63) is 30.1 Å². The van der Waals surface area contributed by atoms with Gasteiger partial charge >= 0.3 is 0 Å². The number of pyridine rings is 1. The summed E-state index contributed by atoms with van der Waals surface area (Å²) in [7, 11) is 0. The van der Waals surface area contributed by atoms with Crippen molar-refractivity contribution in [3.8, 4) is 0 Å². The molecule has 1 rings (SSSR count). The first-order chi connectivity index (χ1) is 6.93. The quantitative estimate of drug-likeness (QED) is 0.671. The highest BCUT2D eigenvalue weighted by molar-refractivity contribution is 5.08. The molecule has 0 saturated heterocycles. The van der Waals surface area contributed by atoms with Crippen LogP contribution in [-0.2, 0) is 6.42 Å². The summed E-state index contributed by atoms with van der Waals surface area (Å²) < 4.78 is 0. The lowest BCUT2D eigenvalue weighted by Gasteiger charge is -2.03. The van der Waals surface area contributed by atoms with Crippen molar-refractivity contribution in [2.75, 3.05) is 13.1 Å². The van der Waals surface area contributed by atoms with Crippen LogP contribution in [0.2, 0.25) is 0 Å². The molecule has 0 bridgehead atoms. The van der Waals surface area contributed by atoms with E-state index in [9.17, 15) is 0 Å². The van der Waals surface area contributed by atoms with E-state index in [2.05, 4.69) is 23.3 Å². The number of nitrogens with zero attached hydrogens (tertiary/aromatic N) is 1. The first-order valence-electron chi connectivity index (χ1n) is 5.53. The van der Waals surface area contributed by atoms with E-state index in [1.54, 1.807) is 0 Å². The molecule has 2 nitrogen and oxygen atoms in total. The third-order valence-electron chi connectivity index (χ3n) is 2.27. The monoisotopic (exact) mass is 192 g/mol.